The molecule has 1 aliphatic rings. The first-order valence-electron chi connectivity index (χ1n) is 9.11. The zero-order valence-electron chi connectivity index (χ0n) is 15.9. The molecule has 0 unspecified atom stereocenters. The molecular formula is C21H22FN3O4. The molecule has 7 nitrogen and oxygen atoms in total. The van der Waals surface area contributed by atoms with Crippen molar-refractivity contribution in [3.05, 3.63) is 53.8 Å². The van der Waals surface area contributed by atoms with Gasteiger partial charge in [0.1, 0.15) is 24.0 Å². The summed E-state index contributed by atoms with van der Waals surface area (Å²) in [5.74, 6) is -1.23. The van der Waals surface area contributed by atoms with E-state index in [2.05, 4.69) is 10.1 Å². The highest BCUT2D eigenvalue weighted by Gasteiger charge is 2.34. The first-order valence-corrected chi connectivity index (χ1v) is 9.11. The van der Waals surface area contributed by atoms with Gasteiger partial charge in [0.05, 0.1) is 31.1 Å². The lowest BCUT2D eigenvalue weighted by molar-refractivity contribution is -0.143. The van der Waals surface area contributed by atoms with Gasteiger partial charge in [-0.25, -0.2) is 4.39 Å². The first-order chi connectivity index (χ1) is 13.9. The van der Waals surface area contributed by atoms with Gasteiger partial charge in [-0.3, -0.25) is 15.0 Å². The molecule has 2 aromatic carbocycles. The van der Waals surface area contributed by atoms with Gasteiger partial charge in [-0.05, 0) is 41.8 Å². The van der Waals surface area contributed by atoms with Crippen LogP contribution in [0.4, 0.5) is 4.39 Å². The molecule has 0 aliphatic carbocycles. The molecule has 0 saturated carbocycles. The van der Waals surface area contributed by atoms with Gasteiger partial charge in [0.25, 0.3) is 0 Å². The highest BCUT2D eigenvalue weighted by atomic mass is 19.1. The minimum absolute atomic E-state index is 0.0620. The van der Waals surface area contributed by atoms with Crippen LogP contribution in [0.25, 0.3) is 11.1 Å². The molecule has 152 valence electrons. The normalized spacial score (nSPS) is 18.2. The molecule has 1 heterocycles. The summed E-state index contributed by atoms with van der Waals surface area (Å²) in [7, 11) is 1.30. The standard InChI is InChI=1S/C21H22FN3O4/c1-28-19(26)10-14-8-15(25-21(14)27)11-29-16-5-2-12(3-6-16)13-4-7-17(20(23)24)18(22)9-13/h2-7,9,14-15H,8,10-11H2,1H3,(H3,23,24)(H,25,27)/t14-,15-/m0/s1. The minimum Gasteiger partial charge on any atom is -0.491 e. The van der Waals surface area contributed by atoms with E-state index in [0.717, 1.165) is 5.56 Å². The summed E-state index contributed by atoms with van der Waals surface area (Å²) in [6, 6.07) is 11.4. The predicted octanol–water partition coefficient (Wildman–Crippen LogP) is 2.22. The maximum atomic E-state index is 14.0. The molecule has 1 aliphatic heterocycles. The third-order valence-corrected chi connectivity index (χ3v) is 4.83. The SMILES string of the molecule is COC(=O)C[C@@H]1C[C@@H](COc2ccc(-c3ccc(C(=N)N)c(F)c3)cc2)NC1=O. The molecule has 1 saturated heterocycles. The highest BCUT2D eigenvalue weighted by molar-refractivity contribution is 5.95. The van der Waals surface area contributed by atoms with E-state index in [4.69, 9.17) is 15.9 Å². The van der Waals surface area contributed by atoms with Crippen molar-refractivity contribution in [2.24, 2.45) is 11.7 Å². The lowest BCUT2D eigenvalue weighted by Gasteiger charge is -2.12. The number of benzene rings is 2. The van der Waals surface area contributed by atoms with Crippen LogP contribution in [0.3, 0.4) is 0 Å². The van der Waals surface area contributed by atoms with E-state index in [1.165, 1.54) is 19.2 Å². The molecule has 0 bridgehead atoms. The molecule has 4 N–H and O–H groups in total. The summed E-state index contributed by atoms with van der Waals surface area (Å²) in [6.07, 6.45) is 0.570. The second kappa shape index (κ2) is 8.72. The van der Waals surface area contributed by atoms with Gasteiger partial charge in [0.2, 0.25) is 5.91 Å². The molecule has 2 atom stereocenters. The van der Waals surface area contributed by atoms with Crippen molar-refractivity contribution < 1.29 is 23.5 Å². The largest absolute Gasteiger partial charge is 0.491 e. The average molecular weight is 399 g/mol. The van der Waals surface area contributed by atoms with Gasteiger partial charge in [-0.1, -0.05) is 18.2 Å². The van der Waals surface area contributed by atoms with Crippen LogP contribution in [0.5, 0.6) is 5.75 Å². The topological polar surface area (TPSA) is 114 Å². The Balaban J connectivity index is 1.57. The van der Waals surface area contributed by atoms with Crippen LogP contribution in [-0.2, 0) is 14.3 Å². The fraction of sp³-hybridized carbons (Fsp3) is 0.286. The molecule has 0 spiro atoms. The molecular weight excluding hydrogens is 377 g/mol. The number of nitrogens with two attached hydrogens (primary N) is 1. The summed E-state index contributed by atoms with van der Waals surface area (Å²) in [6.45, 7) is 0.282. The van der Waals surface area contributed by atoms with Gasteiger partial charge in [0, 0.05) is 0 Å². The third kappa shape index (κ3) is 4.90. The van der Waals surface area contributed by atoms with Crippen LogP contribution < -0.4 is 15.8 Å². The number of halogens is 1. The molecule has 29 heavy (non-hydrogen) atoms. The Bertz CT molecular complexity index is 930. The maximum absolute atomic E-state index is 14.0. The monoisotopic (exact) mass is 399 g/mol. The number of hydrogen-bond donors (Lipinski definition) is 3. The van der Waals surface area contributed by atoms with Crippen LogP contribution in [0.15, 0.2) is 42.5 Å². The number of nitrogen functional groups attached to an aromatic ring is 1. The van der Waals surface area contributed by atoms with E-state index in [-0.39, 0.29) is 36.4 Å². The van der Waals surface area contributed by atoms with Gasteiger partial charge < -0.3 is 20.5 Å². The summed E-state index contributed by atoms with van der Waals surface area (Å²) < 4.78 is 24.4. The van der Waals surface area contributed by atoms with Crippen LogP contribution in [-0.4, -0.2) is 37.5 Å². The van der Waals surface area contributed by atoms with Crippen LogP contribution in [0.2, 0.25) is 0 Å². The van der Waals surface area contributed by atoms with Crippen LogP contribution >= 0.6 is 0 Å². The van der Waals surface area contributed by atoms with Crippen LogP contribution in [0.1, 0.15) is 18.4 Å². The predicted molar refractivity (Wildman–Crippen MR) is 105 cm³/mol. The number of carbonyl (C=O) groups excluding carboxylic acids is 2. The van der Waals surface area contributed by atoms with E-state index in [0.29, 0.717) is 17.7 Å². The number of methoxy groups -OCH3 is 1. The van der Waals surface area contributed by atoms with E-state index in [1.54, 1.807) is 30.3 Å². The van der Waals surface area contributed by atoms with Crippen molar-refractivity contribution >= 4 is 17.7 Å². The summed E-state index contributed by atoms with van der Waals surface area (Å²) in [5.41, 5.74) is 6.85. The third-order valence-electron chi connectivity index (χ3n) is 4.83. The highest BCUT2D eigenvalue weighted by Crippen LogP contribution is 2.25. The Morgan fingerprint density at radius 3 is 2.55 bits per heavy atom. The summed E-state index contributed by atoms with van der Waals surface area (Å²) in [4.78, 5) is 23.3. The minimum atomic E-state index is -0.547. The van der Waals surface area contributed by atoms with Crippen molar-refractivity contribution in [3.8, 4) is 16.9 Å². The van der Waals surface area contributed by atoms with Crippen molar-refractivity contribution in [2.75, 3.05) is 13.7 Å². The Hall–Kier alpha value is -3.42. The van der Waals surface area contributed by atoms with Gasteiger partial charge in [-0.15, -0.1) is 0 Å². The Morgan fingerprint density at radius 1 is 1.24 bits per heavy atom. The molecule has 2 aromatic rings. The number of carbonyl (C=O) groups is 2. The Kier molecular flexibility index (Phi) is 6.11. The van der Waals surface area contributed by atoms with Gasteiger partial charge >= 0.3 is 5.97 Å². The Labute approximate surface area is 167 Å². The number of amides is 1. The van der Waals surface area contributed by atoms with E-state index >= 15 is 0 Å². The van der Waals surface area contributed by atoms with Crippen molar-refractivity contribution in [1.82, 2.24) is 5.32 Å². The number of esters is 1. The van der Waals surface area contributed by atoms with Crippen molar-refractivity contribution in [1.29, 1.82) is 5.41 Å². The van der Waals surface area contributed by atoms with E-state index in [1.807, 2.05) is 0 Å². The number of nitrogens with one attached hydrogen (secondary N) is 2. The second-order valence-corrected chi connectivity index (χ2v) is 6.86. The number of rotatable bonds is 7. The number of ether oxygens (including phenoxy) is 2. The zero-order chi connectivity index (χ0) is 21.0. The van der Waals surface area contributed by atoms with Crippen molar-refractivity contribution in [2.45, 2.75) is 18.9 Å². The smallest absolute Gasteiger partial charge is 0.306 e. The fourth-order valence-corrected chi connectivity index (χ4v) is 3.25. The molecule has 3 rings (SSSR count). The Morgan fingerprint density at radius 2 is 1.93 bits per heavy atom. The van der Waals surface area contributed by atoms with E-state index in [9.17, 15) is 14.0 Å². The lowest BCUT2D eigenvalue weighted by atomic mass is 10.0. The maximum Gasteiger partial charge on any atom is 0.306 e. The zero-order valence-corrected chi connectivity index (χ0v) is 15.9. The molecule has 8 heteroatoms. The van der Waals surface area contributed by atoms with Crippen LogP contribution in [0, 0.1) is 17.1 Å². The molecule has 0 aromatic heterocycles. The number of hydrogen-bond acceptors (Lipinski definition) is 5. The van der Waals surface area contributed by atoms with Crippen molar-refractivity contribution in [3.63, 3.8) is 0 Å². The van der Waals surface area contributed by atoms with Gasteiger partial charge in [-0.2, -0.15) is 0 Å². The molecule has 1 amide bonds. The number of amidine groups is 1. The lowest BCUT2D eigenvalue weighted by Crippen LogP contribution is -2.31. The van der Waals surface area contributed by atoms with Gasteiger partial charge in [0.15, 0.2) is 0 Å². The molecule has 0 radical (unpaired) electrons. The first kappa shape index (κ1) is 20.3. The summed E-state index contributed by atoms with van der Waals surface area (Å²) in [5, 5.41) is 10.2. The average Bonchev–Trinajstić information content (AvgIpc) is 3.05. The molecule has 1 fully saturated rings. The van der Waals surface area contributed by atoms with E-state index < -0.39 is 17.7 Å². The second-order valence-electron chi connectivity index (χ2n) is 6.86. The summed E-state index contributed by atoms with van der Waals surface area (Å²) >= 11 is 0. The quantitative estimate of drug-likeness (QED) is 0.375. The fourth-order valence-electron chi connectivity index (χ4n) is 3.25.